The summed E-state index contributed by atoms with van der Waals surface area (Å²) >= 11 is 0. The summed E-state index contributed by atoms with van der Waals surface area (Å²) in [4.78, 5) is 4.29. The van der Waals surface area contributed by atoms with Crippen LogP contribution in [0.3, 0.4) is 0 Å². The van der Waals surface area contributed by atoms with E-state index in [1.807, 2.05) is 24.3 Å². The quantitative estimate of drug-likeness (QED) is 0.750. The van der Waals surface area contributed by atoms with Gasteiger partial charge in [0.15, 0.2) is 0 Å². The minimum Gasteiger partial charge on any atom is -0.396 e. The van der Waals surface area contributed by atoms with Gasteiger partial charge in [0, 0.05) is 5.39 Å². The Balaban J connectivity index is 2.10. The van der Waals surface area contributed by atoms with Crippen LogP contribution in [-0.4, -0.2) is 22.2 Å². The summed E-state index contributed by atoms with van der Waals surface area (Å²) in [5.41, 5.74) is 8.24. The molecule has 0 amide bonds. The summed E-state index contributed by atoms with van der Waals surface area (Å²) in [6.07, 6.45) is 3.64. The molecule has 17 heavy (non-hydrogen) atoms. The molecule has 0 unspecified atom stereocenters. The first-order valence-electron chi connectivity index (χ1n) is 5.76. The van der Waals surface area contributed by atoms with E-state index in [-0.39, 0.29) is 12.1 Å². The zero-order valence-corrected chi connectivity index (χ0v) is 9.48. The lowest BCUT2D eigenvalue weighted by atomic mass is 10.1. The second-order valence-corrected chi connectivity index (χ2v) is 4.67. The van der Waals surface area contributed by atoms with Crippen LogP contribution in [0.2, 0.25) is 0 Å². The van der Waals surface area contributed by atoms with E-state index in [9.17, 15) is 5.11 Å². The fourth-order valence-electron chi connectivity index (χ4n) is 2.03. The van der Waals surface area contributed by atoms with Crippen LogP contribution >= 0.6 is 0 Å². The van der Waals surface area contributed by atoms with E-state index in [2.05, 4.69) is 10.3 Å². The predicted octanol–water partition coefficient (Wildman–Crippen LogP) is 1.75. The van der Waals surface area contributed by atoms with Crippen LogP contribution in [0.25, 0.3) is 10.9 Å². The number of anilines is 2. The van der Waals surface area contributed by atoms with Gasteiger partial charge in [0.05, 0.1) is 35.2 Å². The van der Waals surface area contributed by atoms with E-state index in [0.717, 1.165) is 29.4 Å². The molecule has 0 aliphatic heterocycles. The normalized spacial score (nSPS) is 17.0. The van der Waals surface area contributed by atoms with E-state index in [0.29, 0.717) is 5.69 Å². The molecule has 1 aromatic carbocycles. The Labute approximate surface area is 99.5 Å². The number of nitrogens with one attached hydrogen (secondary N) is 1. The van der Waals surface area contributed by atoms with Crippen molar-refractivity contribution in [3.05, 3.63) is 30.5 Å². The topological polar surface area (TPSA) is 71.2 Å². The summed E-state index contributed by atoms with van der Waals surface area (Å²) < 4.78 is 0. The van der Waals surface area contributed by atoms with Crippen LogP contribution in [0.15, 0.2) is 30.5 Å². The third kappa shape index (κ3) is 1.70. The molecular weight excluding hydrogens is 214 g/mol. The lowest BCUT2D eigenvalue weighted by Gasteiger charge is -2.19. The molecule has 1 fully saturated rings. The number of hydrogen-bond acceptors (Lipinski definition) is 4. The molecule has 0 radical (unpaired) electrons. The first-order chi connectivity index (χ1) is 8.24. The minimum absolute atomic E-state index is 0.142. The van der Waals surface area contributed by atoms with Gasteiger partial charge in [-0.2, -0.15) is 0 Å². The maximum Gasteiger partial charge on any atom is 0.0743 e. The maximum absolute atomic E-state index is 9.36. The molecule has 4 nitrogen and oxygen atoms in total. The fourth-order valence-corrected chi connectivity index (χ4v) is 2.03. The van der Waals surface area contributed by atoms with Crippen LogP contribution in [0, 0.1) is 0 Å². The lowest BCUT2D eigenvalue weighted by molar-refractivity contribution is 0.266. The Kier molecular flexibility index (Phi) is 2.19. The van der Waals surface area contributed by atoms with E-state index in [4.69, 9.17) is 5.73 Å². The third-order valence-electron chi connectivity index (χ3n) is 3.35. The van der Waals surface area contributed by atoms with Gasteiger partial charge in [-0.3, -0.25) is 4.98 Å². The van der Waals surface area contributed by atoms with Gasteiger partial charge in [-0.15, -0.1) is 0 Å². The Morgan fingerprint density at radius 2 is 2.12 bits per heavy atom. The molecule has 1 aromatic heterocycles. The van der Waals surface area contributed by atoms with E-state index in [1.165, 1.54) is 0 Å². The van der Waals surface area contributed by atoms with Crippen molar-refractivity contribution in [2.75, 3.05) is 17.7 Å². The average Bonchev–Trinajstić information content (AvgIpc) is 3.14. The highest BCUT2D eigenvalue weighted by Crippen LogP contribution is 2.41. The van der Waals surface area contributed by atoms with E-state index >= 15 is 0 Å². The van der Waals surface area contributed by atoms with Crippen molar-refractivity contribution < 1.29 is 5.11 Å². The number of aliphatic hydroxyl groups is 1. The summed E-state index contributed by atoms with van der Waals surface area (Å²) in [6, 6.07) is 7.87. The highest BCUT2D eigenvalue weighted by atomic mass is 16.3. The van der Waals surface area contributed by atoms with Crippen molar-refractivity contribution >= 4 is 22.3 Å². The standard InChI is InChI=1S/C13H15N3O/c14-10-7-15-11-4-2-1-3-9(11)12(10)16-13(8-17)5-6-13/h1-4,7,17H,5-6,8,14H2,(H,15,16). The summed E-state index contributed by atoms with van der Waals surface area (Å²) in [7, 11) is 0. The molecule has 1 aliphatic carbocycles. The second-order valence-electron chi connectivity index (χ2n) is 4.67. The Morgan fingerprint density at radius 3 is 2.82 bits per heavy atom. The Morgan fingerprint density at radius 1 is 1.35 bits per heavy atom. The molecule has 0 spiro atoms. The minimum atomic E-state index is -0.168. The molecule has 0 atom stereocenters. The molecule has 1 saturated carbocycles. The zero-order chi connectivity index (χ0) is 11.9. The van der Waals surface area contributed by atoms with Gasteiger partial charge in [-0.1, -0.05) is 18.2 Å². The number of rotatable bonds is 3. The van der Waals surface area contributed by atoms with Gasteiger partial charge < -0.3 is 16.2 Å². The molecule has 1 aliphatic rings. The zero-order valence-electron chi connectivity index (χ0n) is 9.48. The summed E-state index contributed by atoms with van der Waals surface area (Å²) in [5.74, 6) is 0. The Bertz CT molecular complexity index is 564. The SMILES string of the molecule is Nc1cnc2ccccc2c1NC1(CO)CC1. The fraction of sp³-hybridized carbons (Fsp3) is 0.308. The van der Waals surface area contributed by atoms with Gasteiger partial charge in [0.1, 0.15) is 0 Å². The highest BCUT2D eigenvalue weighted by Gasteiger charge is 2.42. The largest absolute Gasteiger partial charge is 0.396 e. The number of benzene rings is 1. The van der Waals surface area contributed by atoms with Crippen molar-refractivity contribution in [2.24, 2.45) is 0 Å². The maximum atomic E-state index is 9.36. The molecular formula is C13H15N3O. The predicted molar refractivity (Wildman–Crippen MR) is 68.8 cm³/mol. The first kappa shape index (κ1) is 10.4. The third-order valence-corrected chi connectivity index (χ3v) is 3.35. The van der Waals surface area contributed by atoms with Crippen molar-refractivity contribution in [3.63, 3.8) is 0 Å². The monoisotopic (exact) mass is 229 g/mol. The van der Waals surface area contributed by atoms with Crippen LogP contribution in [0.1, 0.15) is 12.8 Å². The molecule has 0 bridgehead atoms. The summed E-state index contributed by atoms with van der Waals surface area (Å²) in [5, 5.41) is 13.7. The lowest BCUT2D eigenvalue weighted by Crippen LogP contribution is -2.26. The highest BCUT2D eigenvalue weighted by molar-refractivity contribution is 5.97. The molecule has 2 aromatic rings. The number of aromatic nitrogens is 1. The van der Waals surface area contributed by atoms with E-state index in [1.54, 1.807) is 6.20 Å². The number of para-hydroxylation sites is 1. The van der Waals surface area contributed by atoms with Gasteiger partial charge in [-0.05, 0) is 18.9 Å². The molecule has 3 rings (SSSR count). The van der Waals surface area contributed by atoms with Crippen molar-refractivity contribution in [3.8, 4) is 0 Å². The number of aliphatic hydroxyl groups excluding tert-OH is 1. The van der Waals surface area contributed by atoms with E-state index < -0.39 is 0 Å². The first-order valence-corrected chi connectivity index (χ1v) is 5.76. The van der Waals surface area contributed by atoms with Crippen LogP contribution in [-0.2, 0) is 0 Å². The molecule has 0 saturated heterocycles. The number of hydrogen-bond donors (Lipinski definition) is 3. The van der Waals surface area contributed by atoms with Crippen LogP contribution < -0.4 is 11.1 Å². The number of fused-ring (bicyclic) bond motifs is 1. The summed E-state index contributed by atoms with van der Waals surface area (Å²) in [6.45, 7) is 0.142. The number of pyridine rings is 1. The van der Waals surface area contributed by atoms with Crippen molar-refractivity contribution in [1.82, 2.24) is 4.98 Å². The van der Waals surface area contributed by atoms with Gasteiger partial charge >= 0.3 is 0 Å². The molecule has 4 heteroatoms. The van der Waals surface area contributed by atoms with Gasteiger partial charge in [-0.25, -0.2) is 0 Å². The number of nitrogens with zero attached hydrogens (tertiary/aromatic N) is 1. The molecule has 88 valence electrons. The molecule has 1 heterocycles. The Hall–Kier alpha value is -1.81. The number of nitrogen functional groups attached to an aromatic ring is 1. The van der Waals surface area contributed by atoms with Crippen molar-refractivity contribution in [1.29, 1.82) is 0 Å². The number of nitrogens with two attached hydrogens (primary N) is 1. The van der Waals surface area contributed by atoms with Crippen molar-refractivity contribution in [2.45, 2.75) is 18.4 Å². The smallest absolute Gasteiger partial charge is 0.0743 e. The molecule has 4 N–H and O–H groups in total. The van der Waals surface area contributed by atoms with Gasteiger partial charge in [0.25, 0.3) is 0 Å². The van der Waals surface area contributed by atoms with Crippen LogP contribution in [0.4, 0.5) is 11.4 Å². The second kappa shape index (κ2) is 3.60. The van der Waals surface area contributed by atoms with Crippen LogP contribution in [0.5, 0.6) is 0 Å². The average molecular weight is 229 g/mol. The van der Waals surface area contributed by atoms with Gasteiger partial charge in [0.2, 0.25) is 0 Å².